The first-order chi connectivity index (χ1) is 9.28. The van der Waals surface area contributed by atoms with Crippen LogP contribution in [0.1, 0.15) is 30.9 Å². The molecule has 1 heterocycles. The first kappa shape index (κ1) is 13.7. The van der Waals surface area contributed by atoms with Crippen molar-refractivity contribution < 1.29 is 0 Å². The Balaban J connectivity index is 1.76. The topological polar surface area (TPSA) is 29.9 Å². The molecule has 0 spiro atoms. The molecule has 2 rings (SSSR count). The first-order valence-corrected chi connectivity index (χ1v) is 7.08. The second kappa shape index (κ2) is 6.98. The molecule has 3 heteroatoms. The minimum absolute atomic E-state index is 0.944. The van der Waals surface area contributed by atoms with Gasteiger partial charge in [0.25, 0.3) is 0 Å². The van der Waals surface area contributed by atoms with Gasteiger partial charge in [0.05, 0.1) is 6.20 Å². The summed E-state index contributed by atoms with van der Waals surface area (Å²) in [5, 5.41) is 7.62. The van der Waals surface area contributed by atoms with Gasteiger partial charge in [-0.2, -0.15) is 5.10 Å². The number of nitrogens with one attached hydrogen (secondary N) is 1. The highest BCUT2D eigenvalue weighted by Gasteiger charge is 1.97. The summed E-state index contributed by atoms with van der Waals surface area (Å²) in [6.45, 7) is 3.17. The minimum atomic E-state index is 0.944. The van der Waals surface area contributed by atoms with Gasteiger partial charge in [-0.25, -0.2) is 0 Å². The first-order valence-electron chi connectivity index (χ1n) is 7.08. The predicted octanol–water partition coefficient (Wildman–Crippen LogP) is 3.42. The number of benzene rings is 1. The molecule has 1 aromatic carbocycles. The minimum Gasteiger partial charge on any atom is -0.385 e. The number of unbranched alkanes of at least 4 members (excludes halogenated alkanes) is 1. The molecular weight excluding hydrogens is 234 g/mol. The second-order valence-electron chi connectivity index (χ2n) is 5.00. The third kappa shape index (κ3) is 4.43. The van der Waals surface area contributed by atoms with Crippen LogP contribution in [-0.4, -0.2) is 16.3 Å². The van der Waals surface area contributed by atoms with E-state index >= 15 is 0 Å². The molecule has 2 aromatic rings. The van der Waals surface area contributed by atoms with Crippen molar-refractivity contribution in [3.63, 3.8) is 0 Å². The second-order valence-corrected chi connectivity index (χ2v) is 5.00. The van der Waals surface area contributed by atoms with E-state index in [9.17, 15) is 0 Å². The van der Waals surface area contributed by atoms with Crippen molar-refractivity contribution in [1.29, 1.82) is 0 Å². The zero-order valence-corrected chi connectivity index (χ0v) is 11.9. The van der Waals surface area contributed by atoms with Gasteiger partial charge in [0.15, 0.2) is 0 Å². The monoisotopic (exact) mass is 257 g/mol. The van der Waals surface area contributed by atoms with E-state index in [0.29, 0.717) is 0 Å². The number of rotatable bonds is 7. The normalized spacial score (nSPS) is 10.6. The molecule has 19 heavy (non-hydrogen) atoms. The van der Waals surface area contributed by atoms with Crippen molar-refractivity contribution in [3.8, 4) is 0 Å². The Bertz CT molecular complexity index is 485. The molecule has 0 aliphatic rings. The maximum Gasteiger partial charge on any atom is 0.0522 e. The molecule has 0 bridgehead atoms. The van der Waals surface area contributed by atoms with Gasteiger partial charge in [-0.1, -0.05) is 25.5 Å². The molecule has 0 atom stereocenters. The number of hydrogen-bond acceptors (Lipinski definition) is 2. The Kier molecular flexibility index (Phi) is 5.01. The van der Waals surface area contributed by atoms with E-state index in [1.54, 1.807) is 0 Å². The molecule has 0 radical (unpaired) electrons. The summed E-state index contributed by atoms with van der Waals surface area (Å²) in [5.74, 6) is 0. The van der Waals surface area contributed by atoms with Crippen molar-refractivity contribution in [3.05, 3.63) is 47.8 Å². The summed E-state index contributed by atoms with van der Waals surface area (Å²) in [5.41, 5.74) is 3.90. The van der Waals surface area contributed by atoms with Crippen LogP contribution in [0.25, 0.3) is 0 Å². The van der Waals surface area contributed by atoms with Crippen molar-refractivity contribution in [2.75, 3.05) is 11.9 Å². The van der Waals surface area contributed by atoms with Crippen molar-refractivity contribution in [2.45, 2.75) is 32.6 Å². The number of aromatic nitrogens is 2. The van der Waals surface area contributed by atoms with Gasteiger partial charge < -0.3 is 5.32 Å². The maximum atomic E-state index is 4.17. The van der Waals surface area contributed by atoms with Gasteiger partial charge in [-0.3, -0.25) is 4.68 Å². The molecule has 0 aliphatic carbocycles. The average Bonchev–Trinajstić information content (AvgIpc) is 2.84. The molecule has 0 saturated carbocycles. The van der Waals surface area contributed by atoms with E-state index in [2.05, 4.69) is 47.8 Å². The standard InChI is InChI=1S/C16H23N3/c1-3-4-5-14-6-8-16(9-7-14)17-11-10-15-12-18-19(2)13-15/h6-9,12-13,17H,3-5,10-11H2,1-2H3. The predicted molar refractivity (Wildman–Crippen MR) is 80.5 cm³/mol. The lowest BCUT2D eigenvalue weighted by molar-refractivity contribution is 0.767. The van der Waals surface area contributed by atoms with Gasteiger partial charge in [-0.05, 0) is 42.5 Å². The molecular formula is C16H23N3. The highest BCUT2D eigenvalue weighted by Crippen LogP contribution is 2.12. The van der Waals surface area contributed by atoms with Gasteiger partial charge in [-0.15, -0.1) is 0 Å². The quantitative estimate of drug-likeness (QED) is 0.823. The summed E-state index contributed by atoms with van der Waals surface area (Å²) >= 11 is 0. The highest BCUT2D eigenvalue weighted by molar-refractivity contribution is 5.44. The lowest BCUT2D eigenvalue weighted by Crippen LogP contribution is -2.04. The maximum absolute atomic E-state index is 4.17. The van der Waals surface area contributed by atoms with Crippen LogP contribution in [0.5, 0.6) is 0 Å². The van der Waals surface area contributed by atoms with Gasteiger partial charge in [0, 0.05) is 25.5 Å². The van der Waals surface area contributed by atoms with Crippen LogP contribution in [0.4, 0.5) is 5.69 Å². The number of nitrogens with zero attached hydrogens (tertiary/aromatic N) is 2. The molecule has 3 nitrogen and oxygen atoms in total. The van der Waals surface area contributed by atoms with Crippen molar-refractivity contribution in [2.24, 2.45) is 7.05 Å². The molecule has 0 amide bonds. The summed E-state index contributed by atoms with van der Waals surface area (Å²) in [4.78, 5) is 0. The Labute approximate surface area is 115 Å². The number of aryl methyl sites for hydroxylation is 2. The SMILES string of the molecule is CCCCc1ccc(NCCc2cnn(C)c2)cc1. The Morgan fingerprint density at radius 1 is 1.11 bits per heavy atom. The summed E-state index contributed by atoms with van der Waals surface area (Å²) < 4.78 is 1.85. The Hall–Kier alpha value is -1.77. The zero-order valence-electron chi connectivity index (χ0n) is 11.9. The van der Waals surface area contributed by atoms with Crippen LogP contribution in [0.2, 0.25) is 0 Å². The van der Waals surface area contributed by atoms with Crippen LogP contribution in [0.15, 0.2) is 36.7 Å². The van der Waals surface area contributed by atoms with Crippen molar-refractivity contribution in [1.82, 2.24) is 9.78 Å². The third-order valence-corrected chi connectivity index (χ3v) is 3.27. The van der Waals surface area contributed by atoms with Gasteiger partial charge >= 0.3 is 0 Å². The highest BCUT2D eigenvalue weighted by atomic mass is 15.2. The Morgan fingerprint density at radius 3 is 2.53 bits per heavy atom. The van der Waals surface area contributed by atoms with E-state index in [0.717, 1.165) is 13.0 Å². The molecule has 0 saturated heterocycles. The van der Waals surface area contributed by atoms with Crippen LogP contribution in [0.3, 0.4) is 0 Å². The third-order valence-electron chi connectivity index (χ3n) is 3.27. The summed E-state index contributed by atoms with van der Waals surface area (Å²) in [6, 6.07) is 8.80. The van der Waals surface area contributed by atoms with Crippen LogP contribution in [-0.2, 0) is 19.9 Å². The van der Waals surface area contributed by atoms with Crippen molar-refractivity contribution >= 4 is 5.69 Å². The average molecular weight is 257 g/mol. The fourth-order valence-electron chi connectivity index (χ4n) is 2.12. The lowest BCUT2D eigenvalue weighted by Gasteiger charge is -2.06. The molecule has 0 fully saturated rings. The molecule has 102 valence electrons. The van der Waals surface area contributed by atoms with Crippen LogP contribution >= 0.6 is 0 Å². The largest absolute Gasteiger partial charge is 0.385 e. The van der Waals surface area contributed by atoms with E-state index in [1.807, 2.05) is 17.9 Å². The molecule has 1 N–H and O–H groups in total. The molecule has 1 aromatic heterocycles. The van der Waals surface area contributed by atoms with Crippen LogP contribution < -0.4 is 5.32 Å². The fourth-order valence-corrected chi connectivity index (χ4v) is 2.12. The summed E-state index contributed by atoms with van der Waals surface area (Å²) in [6.07, 6.45) is 8.71. The van der Waals surface area contributed by atoms with E-state index in [1.165, 1.54) is 36.1 Å². The van der Waals surface area contributed by atoms with Crippen LogP contribution in [0, 0.1) is 0 Å². The lowest BCUT2D eigenvalue weighted by atomic mass is 10.1. The Morgan fingerprint density at radius 2 is 1.89 bits per heavy atom. The van der Waals surface area contributed by atoms with E-state index < -0.39 is 0 Å². The summed E-state index contributed by atoms with van der Waals surface area (Å²) in [7, 11) is 1.95. The van der Waals surface area contributed by atoms with Gasteiger partial charge in [0.2, 0.25) is 0 Å². The zero-order chi connectivity index (χ0) is 13.5. The fraction of sp³-hybridized carbons (Fsp3) is 0.438. The number of anilines is 1. The van der Waals surface area contributed by atoms with Gasteiger partial charge in [0.1, 0.15) is 0 Å². The number of hydrogen-bond donors (Lipinski definition) is 1. The molecule has 0 unspecified atom stereocenters. The molecule has 0 aliphatic heterocycles. The van der Waals surface area contributed by atoms with E-state index in [-0.39, 0.29) is 0 Å². The van der Waals surface area contributed by atoms with E-state index in [4.69, 9.17) is 0 Å². The smallest absolute Gasteiger partial charge is 0.0522 e.